The number of aliphatic imine (C=N–C) groups is 1. The lowest BCUT2D eigenvalue weighted by atomic mass is 9.98. The van der Waals surface area contributed by atoms with E-state index in [1.54, 1.807) is 4.90 Å². The first-order chi connectivity index (χ1) is 12.6. The highest BCUT2D eigenvalue weighted by Crippen LogP contribution is 2.32. The molecule has 0 spiro atoms. The van der Waals surface area contributed by atoms with E-state index < -0.39 is 6.04 Å². The average molecular weight is 370 g/mol. The highest BCUT2D eigenvalue weighted by atomic mass is 35.5. The Kier molecular flexibility index (Phi) is 5.74. The summed E-state index contributed by atoms with van der Waals surface area (Å²) in [5, 5.41) is 0.620. The second-order valence-corrected chi connectivity index (χ2v) is 7.05. The van der Waals surface area contributed by atoms with Gasteiger partial charge in [0.15, 0.2) is 0 Å². The fourth-order valence-corrected chi connectivity index (χ4v) is 3.43. The van der Waals surface area contributed by atoms with Crippen molar-refractivity contribution in [3.05, 3.63) is 64.7 Å². The molecule has 2 N–H and O–H groups in total. The van der Waals surface area contributed by atoms with Crippen LogP contribution in [0.15, 0.2) is 53.5 Å². The van der Waals surface area contributed by atoms with E-state index in [2.05, 4.69) is 13.8 Å². The molecule has 2 aromatic carbocycles. The van der Waals surface area contributed by atoms with Crippen LogP contribution in [0, 0.1) is 5.92 Å². The summed E-state index contributed by atoms with van der Waals surface area (Å²) in [5.74, 6) is 0.130. The molecular formula is C21H24ClN3O. The number of carbonyl (C=O) groups excluding carboxylic acids is 1. The van der Waals surface area contributed by atoms with Gasteiger partial charge >= 0.3 is 0 Å². The predicted molar refractivity (Wildman–Crippen MR) is 108 cm³/mol. The van der Waals surface area contributed by atoms with Crippen LogP contribution in [0.5, 0.6) is 0 Å². The maximum Gasteiger partial charge on any atom is 0.252 e. The van der Waals surface area contributed by atoms with Gasteiger partial charge in [-0.05, 0) is 24.1 Å². The van der Waals surface area contributed by atoms with Crippen molar-refractivity contribution in [1.29, 1.82) is 0 Å². The Morgan fingerprint density at radius 3 is 2.62 bits per heavy atom. The van der Waals surface area contributed by atoms with Crippen LogP contribution >= 0.6 is 11.6 Å². The molecule has 0 aliphatic carbocycles. The minimum atomic E-state index is -0.437. The summed E-state index contributed by atoms with van der Waals surface area (Å²) in [6, 6.07) is 15.1. The Morgan fingerprint density at radius 2 is 1.96 bits per heavy atom. The zero-order chi connectivity index (χ0) is 18.7. The molecule has 4 nitrogen and oxygen atoms in total. The van der Waals surface area contributed by atoms with Crippen molar-refractivity contribution >= 4 is 28.9 Å². The van der Waals surface area contributed by atoms with Gasteiger partial charge in [0, 0.05) is 29.2 Å². The zero-order valence-corrected chi connectivity index (χ0v) is 15.9. The molecule has 0 aromatic heterocycles. The van der Waals surface area contributed by atoms with E-state index in [9.17, 15) is 4.79 Å². The molecule has 1 aliphatic heterocycles. The first-order valence-electron chi connectivity index (χ1n) is 9.01. The summed E-state index contributed by atoms with van der Waals surface area (Å²) >= 11 is 6.29. The number of benzodiazepines with no additional fused rings is 1. The Hall–Kier alpha value is -2.17. The number of nitrogens with two attached hydrogens (primary N) is 1. The van der Waals surface area contributed by atoms with E-state index in [0.717, 1.165) is 28.9 Å². The standard InChI is InChI=1S/C21H24ClN3O/c1-3-14(2)19-21(26)25(12-11-23)18-10-9-16(22)13-17(18)20(24-19)15-7-5-4-6-8-15/h4-10,13-14,19H,3,11-12,23H2,1-2H3/t14?,19-/m0/s1. The van der Waals surface area contributed by atoms with Gasteiger partial charge in [-0.3, -0.25) is 9.79 Å². The molecule has 2 aromatic rings. The fourth-order valence-electron chi connectivity index (χ4n) is 3.26. The van der Waals surface area contributed by atoms with Gasteiger partial charge in [-0.1, -0.05) is 62.2 Å². The number of rotatable bonds is 5. The number of amides is 1. The van der Waals surface area contributed by atoms with Gasteiger partial charge in [0.05, 0.1) is 11.4 Å². The van der Waals surface area contributed by atoms with Gasteiger partial charge in [-0.2, -0.15) is 0 Å². The van der Waals surface area contributed by atoms with Crippen molar-refractivity contribution in [3.63, 3.8) is 0 Å². The summed E-state index contributed by atoms with van der Waals surface area (Å²) in [7, 11) is 0. The summed E-state index contributed by atoms with van der Waals surface area (Å²) < 4.78 is 0. The van der Waals surface area contributed by atoms with Crippen LogP contribution in [0.3, 0.4) is 0 Å². The van der Waals surface area contributed by atoms with E-state index >= 15 is 0 Å². The Morgan fingerprint density at radius 1 is 1.23 bits per heavy atom. The molecule has 1 unspecified atom stereocenters. The van der Waals surface area contributed by atoms with Gasteiger partial charge in [0.2, 0.25) is 0 Å². The number of benzene rings is 2. The second kappa shape index (κ2) is 8.02. The van der Waals surface area contributed by atoms with Crippen LogP contribution < -0.4 is 10.6 Å². The lowest BCUT2D eigenvalue weighted by Gasteiger charge is -2.26. The maximum atomic E-state index is 13.3. The minimum absolute atomic E-state index is 0.000645. The monoisotopic (exact) mass is 369 g/mol. The normalized spacial score (nSPS) is 18.2. The Balaban J connectivity index is 2.26. The molecule has 0 saturated heterocycles. The average Bonchev–Trinajstić information content (AvgIpc) is 2.77. The van der Waals surface area contributed by atoms with Gasteiger partial charge in [0.25, 0.3) is 5.91 Å². The fraction of sp³-hybridized carbons (Fsp3) is 0.333. The van der Waals surface area contributed by atoms with E-state index in [1.165, 1.54) is 0 Å². The largest absolute Gasteiger partial charge is 0.329 e. The van der Waals surface area contributed by atoms with Crippen molar-refractivity contribution < 1.29 is 4.79 Å². The quantitative estimate of drug-likeness (QED) is 0.868. The third kappa shape index (κ3) is 3.53. The van der Waals surface area contributed by atoms with Gasteiger partial charge < -0.3 is 10.6 Å². The number of halogens is 1. The van der Waals surface area contributed by atoms with Crippen LogP contribution in [0.4, 0.5) is 5.69 Å². The van der Waals surface area contributed by atoms with Crippen LogP contribution in [-0.2, 0) is 4.79 Å². The van der Waals surface area contributed by atoms with Gasteiger partial charge in [-0.25, -0.2) is 0 Å². The topological polar surface area (TPSA) is 58.7 Å². The SMILES string of the molecule is CCC(C)[C@@H]1N=C(c2ccccc2)c2cc(Cl)ccc2N(CCN)C1=O. The number of fused-ring (bicyclic) bond motifs is 1. The molecule has 0 bridgehead atoms. The number of nitrogens with zero attached hydrogens (tertiary/aromatic N) is 2. The van der Waals surface area contributed by atoms with Crippen LogP contribution in [0.25, 0.3) is 0 Å². The third-order valence-electron chi connectivity index (χ3n) is 4.87. The summed E-state index contributed by atoms with van der Waals surface area (Å²) in [6.07, 6.45) is 0.871. The van der Waals surface area contributed by atoms with Crippen LogP contribution in [0.1, 0.15) is 31.4 Å². The van der Waals surface area contributed by atoms with Crippen molar-refractivity contribution in [1.82, 2.24) is 0 Å². The first kappa shape index (κ1) is 18.6. The molecule has 1 aliphatic rings. The van der Waals surface area contributed by atoms with Crippen LogP contribution in [0.2, 0.25) is 5.02 Å². The molecule has 5 heteroatoms. The smallest absolute Gasteiger partial charge is 0.252 e. The number of hydrogen-bond acceptors (Lipinski definition) is 3. The summed E-state index contributed by atoms with van der Waals surface area (Å²) in [6.45, 7) is 5.00. The van der Waals surface area contributed by atoms with Gasteiger partial charge in [-0.15, -0.1) is 0 Å². The van der Waals surface area contributed by atoms with E-state index in [4.69, 9.17) is 22.3 Å². The number of carbonyl (C=O) groups is 1. The van der Waals surface area contributed by atoms with Gasteiger partial charge in [0.1, 0.15) is 6.04 Å². The van der Waals surface area contributed by atoms with E-state index in [0.29, 0.717) is 18.1 Å². The molecule has 2 atom stereocenters. The summed E-state index contributed by atoms with van der Waals surface area (Å²) in [4.78, 5) is 20.0. The lowest BCUT2D eigenvalue weighted by molar-refractivity contribution is -0.120. The Bertz CT molecular complexity index is 819. The highest BCUT2D eigenvalue weighted by molar-refractivity contribution is 6.32. The molecule has 0 radical (unpaired) electrons. The number of hydrogen-bond donors (Lipinski definition) is 1. The van der Waals surface area contributed by atoms with Crippen molar-refractivity contribution in [3.8, 4) is 0 Å². The molecular weight excluding hydrogens is 346 g/mol. The molecule has 3 rings (SSSR count). The lowest BCUT2D eigenvalue weighted by Crippen LogP contribution is -2.43. The molecule has 1 heterocycles. The highest BCUT2D eigenvalue weighted by Gasteiger charge is 2.34. The minimum Gasteiger partial charge on any atom is -0.329 e. The zero-order valence-electron chi connectivity index (χ0n) is 15.2. The van der Waals surface area contributed by atoms with Crippen molar-refractivity contribution in [2.24, 2.45) is 16.6 Å². The molecule has 0 fully saturated rings. The third-order valence-corrected chi connectivity index (χ3v) is 5.11. The molecule has 0 saturated carbocycles. The molecule has 1 amide bonds. The van der Waals surface area contributed by atoms with Crippen LogP contribution in [-0.4, -0.2) is 30.8 Å². The summed E-state index contributed by atoms with van der Waals surface area (Å²) in [5.41, 5.74) is 9.28. The first-order valence-corrected chi connectivity index (χ1v) is 9.39. The maximum absolute atomic E-state index is 13.3. The van der Waals surface area contributed by atoms with E-state index in [-0.39, 0.29) is 11.8 Å². The van der Waals surface area contributed by atoms with Crippen molar-refractivity contribution in [2.75, 3.05) is 18.0 Å². The van der Waals surface area contributed by atoms with E-state index in [1.807, 2.05) is 48.5 Å². The second-order valence-electron chi connectivity index (χ2n) is 6.61. The Labute approximate surface area is 159 Å². The van der Waals surface area contributed by atoms with Crippen molar-refractivity contribution in [2.45, 2.75) is 26.3 Å². The predicted octanol–water partition coefficient (Wildman–Crippen LogP) is 3.90. The molecule has 26 heavy (non-hydrogen) atoms. The molecule has 136 valence electrons. The number of anilines is 1.